The van der Waals surface area contributed by atoms with Crippen LogP contribution in [0.3, 0.4) is 0 Å². The van der Waals surface area contributed by atoms with Crippen molar-refractivity contribution in [2.24, 2.45) is 0 Å². The topological polar surface area (TPSA) is 17.8 Å². The smallest absolute Gasteiger partial charge is 0.147 e. The first-order valence-electron chi connectivity index (χ1n) is 18.6. The maximum Gasteiger partial charge on any atom is 0.147 e. The molecule has 0 bridgehead atoms. The third kappa shape index (κ3) is 4.70. The Labute approximate surface area is 292 Å². The number of benzene rings is 6. The Morgan fingerprint density at radius 3 is 2.17 bits per heavy atom. The standard InChI is InChI=1S/C45H44N2S/c1-25(2)36-23-30(45(7,8)9)24-37(26(3)4)42(36)47-38-22-27(5)21-28(6)41(38)46-44(47)35-16-12-15-34-40-33-18-17-29-13-10-11-14-31(29)32(33)19-20-39(40)48-43(34)35/h10-26H,1-9H3/i5D3. The molecule has 2 aromatic heterocycles. The van der Waals surface area contributed by atoms with Gasteiger partial charge in [-0.05, 0) is 98.6 Å². The van der Waals surface area contributed by atoms with E-state index in [0.29, 0.717) is 5.56 Å². The summed E-state index contributed by atoms with van der Waals surface area (Å²) >= 11 is 1.81. The first kappa shape index (κ1) is 27.5. The fourth-order valence-electron chi connectivity index (χ4n) is 7.57. The molecule has 0 N–H and O–H groups in total. The van der Waals surface area contributed by atoms with Gasteiger partial charge in [0, 0.05) is 29.8 Å². The maximum absolute atomic E-state index is 8.40. The highest BCUT2D eigenvalue weighted by Crippen LogP contribution is 2.46. The van der Waals surface area contributed by atoms with Crippen LogP contribution in [-0.4, -0.2) is 9.55 Å². The molecule has 240 valence electrons. The van der Waals surface area contributed by atoms with Crippen LogP contribution in [0.4, 0.5) is 0 Å². The summed E-state index contributed by atoms with van der Waals surface area (Å²) in [6, 6.07) is 32.6. The zero-order chi connectivity index (χ0) is 36.1. The van der Waals surface area contributed by atoms with E-state index in [2.05, 4.69) is 132 Å². The molecule has 8 rings (SSSR count). The Balaban J connectivity index is 1.53. The van der Waals surface area contributed by atoms with Crippen LogP contribution >= 0.6 is 11.3 Å². The molecule has 0 amide bonds. The number of hydrogen-bond acceptors (Lipinski definition) is 2. The minimum atomic E-state index is -2.25. The van der Waals surface area contributed by atoms with Crippen molar-refractivity contribution >= 4 is 64.1 Å². The van der Waals surface area contributed by atoms with Gasteiger partial charge in [0.1, 0.15) is 5.82 Å². The van der Waals surface area contributed by atoms with Crippen LogP contribution in [-0.2, 0) is 5.41 Å². The second-order valence-corrected chi connectivity index (χ2v) is 16.2. The van der Waals surface area contributed by atoms with Crippen LogP contribution in [0.1, 0.15) is 92.2 Å². The summed E-state index contributed by atoms with van der Waals surface area (Å²) < 4.78 is 29.9. The number of aryl methyl sites for hydroxylation is 2. The predicted octanol–water partition coefficient (Wildman–Crippen LogP) is 13.5. The van der Waals surface area contributed by atoms with Crippen molar-refractivity contribution < 1.29 is 4.11 Å². The molecule has 0 unspecified atom stereocenters. The Bertz CT molecular complexity index is 2650. The first-order chi connectivity index (χ1) is 24.1. The molecule has 0 aliphatic rings. The zero-order valence-corrected chi connectivity index (χ0v) is 29.9. The second kappa shape index (κ2) is 11.0. The second-order valence-electron chi connectivity index (χ2n) is 15.1. The zero-order valence-electron chi connectivity index (χ0n) is 32.1. The van der Waals surface area contributed by atoms with Crippen LogP contribution in [0.15, 0.2) is 91.0 Å². The van der Waals surface area contributed by atoms with E-state index < -0.39 is 6.85 Å². The molecular formula is C45H44N2S. The van der Waals surface area contributed by atoms with Crippen LogP contribution in [0, 0.1) is 13.8 Å². The Hall–Kier alpha value is -4.47. The van der Waals surface area contributed by atoms with Gasteiger partial charge in [0.15, 0.2) is 0 Å². The molecule has 6 aromatic carbocycles. The van der Waals surface area contributed by atoms with Crippen LogP contribution < -0.4 is 0 Å². The molecule has 0 aliphatic carbocycles. The number of aromatic nitrogens is 2. The fraction of sp³-hybridized carbons (Fsp3) is 0.267. The van der Waals surface area contributed by atoms with Gasteiger partial charge in [-0.15, -0.1) is 11.3 Å². The highest BCUT2D eigenvalue weighted by atomic mass is 32.1. The number of hydrogen-bond donors (Lipinski definition) is 0. The average Bonchev–Trinajstić information content (AvgIpc) is 3.66. The normalized spacial score (nSPS) is 13.8. The predicted molar refractivity (Wildman–Crippen MR) is 211 cm³/mol. The monoisotopic (exact) mass is 647 g/mol. The molecule has 0 spiro atoms. The minimum Gasteiger partial charge on any atom is -0.292 e. The minimum absolute atomic E-state index is 0.0343. The highest BCUT2D eigenvalue weighted by Gasteiger charge is 2.27. The average molecular weight is 648 g/mol. The lowest BCUT2D eigenvalue weighted by atomic mass is 9.81. The molecule has 0 radical (unpaired) electrons. The fourth-order valence-corrected chi connectivity index (χ4v) is 8.79. The third-order valence-electron chi connectivity index (χ3n) is 10.1. The van der Waals surface area contributed by atoms with Gasteiger partial charge in [-0.25, -0.2) is 4.98 Å². The van der Waals surface area contributed by atoms with Crippen LogP contribution in [0.25, 0.3) is 69.8 Å². The van der Waals surface area contributed by atoms with Gasteiger partial charge in [0.2, 0.25) is 0 Å². The van der Waals surface area contributed by atoms with Crippen molar-refractivity contribution in [3.63, 3.8) is 0 Å². The molecule has 0 atom stereocenters. The van der Waals surface area contributed by atoms with Gasteiger partial charge in [-0.2, -0.15) is 0 Å². The summed E-state index contributed by atoms with van der Waals surface area (Å²) in [4.78, 5) is 5.46. The highest BCUT2D eigenvalue weighted by molar-refractivity contribution is 7.26. The Morgan fingerprint density at radius 2 is 1.46 bits per heavy atom. The van der Waals surface area contributed by atoms with Gasteiger partial charge in [0.25, 0.3) is 0 Å². The van der Waals surface area contributed by atoms with Crippen molar-refractivity contribution in [2.45, 2.75) is 79.5 Å². The summed E-state index contributed by atoms with van der Waals surface area (Å²) in [5.74, 6) is 1.28. The quantitative estimate of drug-likeness (QED) is 0.174. The van der Waals surface area contributed by atoms with E-state index in [-0.39, 0.29) is 17.3 Å². The van der Waals surface area contributed by atoms with Gasteiger partial charge in [-0.1, -0.05) is 121 Å². The Kier molecular flexibility index (Phi) is 6.32. The van der Waals surface area contributed by atoms with Gasteiger partial charge >= 0.3 is 0 Å². The van der Waals surface area contributed by atoms with E-state index in [1.807, 2.05) is 24.3 Å². The lowest BCUT2D eigenvalue weighted by Crippen LogP contribution is -2.16. The summed E-state index contributed by atoms with van der Waals surface area (Å²) in [6.45, 7) is 15.6. The van der Waals surface area contributed by atoms with Crippen molar-refractivity contribution in [1.29, 1.82) is 0 Å². The number of fused-ring (bicyclic) bond motifs is 8. The Morgan fingerprint density at radius 1 is 0.750 bits per heavy atom. The lowest BCUT2D eigenvalue weighted by Gasteiger charge is -2.28. The van der Waals surface area contributed by atoms with Crippen molar-refractivity contribution in [2.75, 3.05) is 0 Å². The number of imidazole rings is 1. The summed E-state index contributed by atoms with van der Waals surface area (Å²) in [5, 5.41) is 7.49. The van der Waals surface area contributed by atoms with Gasteiger partial charge < -0.3 is 0 Å². The lowest BCUT2D eigenvalue weighted by molar-refractivity contribution is 0.586. The van der Waals surface area contributed by atoms with Gasteiger partial charge in [-0.3, -0.25) is 4.57 Å². The van der Waals surface area contributed by atoms with E-state index in [4.69, 9.17) is 9.10 Å². The number of rotatable bonds is 4. The summed E-state index contributed by atoms with van der Waals surface area (Å²) in [7, 11) is 0. The van der Waals surface area contributed by atoms with Crippen LogP contribution in [0.5, 0.6) is 0 Å². The molecule has 2 nitrogen and oxygen atoms in total. The first-order valence-corrected chi connectivity index (χ1v) is 17.9. The van der Waals surface area contributed by atoms with Crippen molar-refractivity contribution in [3.05, 3.63) is 119 Å². The molecule has 0 aliphatic heterocycles. The van der Waals surface area contributed by atoms with Crippen LogP contribution in [0.2, 0.25) is 0 Å². The van der Waals surface area contributed by atoms with E-state index in [1.165, 1.54) is 58.4 Å². The summed E-state index contributed by atoms with van der Waals surface area (Å²) in [6.07, 6.45) is 0. The molecule has 2 heterocycles. The summed E-state index contributed by atoms with van der Waals surface area (Å²) in [5.41, 5.74) is 8.78. The molecular weight excluding hydrogens is 601 g/mol. The van der Waals surface area contributed by atoms with E-state index in [9.17, 15) is 0 Å². The van der Waals surface area contributed by atoms with E-state index in [0.717, 1.165) is 33.7 Å². The van der Waals surface area contributed by atoms with Crippen molar-refractivity contribution in [3.8, 4) is 17.1 Å². The molecule has 0 fully saturated rings. The van der Waals surface area contributed by atoms with E-state index >= 15 is 0 Å². The molecule has 48 heavy (non-hydrogen) atoms. The molecule has 0 saturated carbocycles. The van der Waals surface area contributed by atoms with Gasteiger partial charge in [0.05, 0.1) is 16.7 Å². The molecule has 8 aromatic rings. The number of thiophene rings is 1. The SMILES string of the molecule is [2H]C([2H])([2H])c1cc(C)c2nc(-c3cccc4c3sc3ccc5c6ccccc6ccc5c34)n(-c3c(C(C)C)cc(C(C)(C)C)cc3C(C)C)c2c1. The third-order valence-corrected chi connectivity index (χ3v) is 11.3. The largest absolute Gasteiger partial charge is 0.292 e. The molecule has 3 heteroatoms. The molecule has 0 saturated heterocycles. The van der Waals surface area contributed by atoms with Crippen molar-refractivity contribution in [1.82, 2.24) is 9.55 Å². The number of nitrogens with zero attached hydrogens (tertiary/aromatic N) is 2. The maximum atomic E-state index is 8.40. The van der Waals surface area contributed by atoms with E-state index in [1.54, 1.807) is 6.07 Å².